The van der Waals surface area contributed by atoms with Crippen molar-refractivity contribution in [3.8, 4) is 0 Å². The molecule has 0 saturated carbocycles. The molecule has 0 radical (unpaired) electrons. The number of nitrogens with zero attached hydrogens (tertiary/aromatic N) is 2. The molecule has 0 spiro atoms. The molecule has 2 aromatic rings. The van der Waals surface area contributed by atoms with Gasteiger partial charge in [0.15, 0.2) is 12.5 Å². The van der Waals surface area contributed by atoms with Crippen LogP contribution < -0.4 is 40.2 Å². The molecular weight excluding hydrogens is 727 g/mol. The van der Waals surface area contributed by atoms with Gasteiger partial charge in [-0.3, -0.25) is 37.7 Å². The second-order valence-corrected chi connectivity index (χ2v) is 14.9. The maximum Gasteiger partial charge on any atom is 0.538 e. The third-order valence-corrected chi connectivity index (χ3v) is 11.7. The molecule has 27 nitrogen and oxygen atoms in total. The molecule has 0 aromatic carbocycles. The number of aromatic nitrogens is 4. The van der Waals surface area contributed by atoms with Crippen LogP contribution in [-0.2, 0) is 54.7 Å². The SMILES string of the molecule is [NH3+]OP(=O)(OC[C@H]1O[C@@H](n2ccc(=O)[nH]c2=O)[C@H](O)[C@@H]1O)OP(=O)(O[NH3+])OP(=O)(O[NH3+])OC[C@H]1O[C@@H](n2ccc(=O)[nH]c2=O)[C@H](O)[C@@H]1O. The Morgan fingerprint density at radius 1 is 0.646 bits per heavy atom. The lowest BCUT2D eigenvalue weighted by Gasteiger charge is -2.22. The number of aliphatic hydroxyl groups excluding tert-OH is 4. The zero-order valence-electron chi connectivity index (χ0n) is 24.0. The predicted molar refractivity (Wildman–Crippen MR) is 143 cm³/mol. The van der Waals surface area contributed by atoms with E-state index in [4.69, 9.17) is 18.5 Å². The zero-order chi connectivity index (χ0) is 35.6. The first-order valence-electron chi connectivity index (χ1n) is 13.0. The molecule has 2 fully saturated rings. The average Bonchev–Trinajstić information content (AvgIpc) is 3.48. The van der Waals surface area contributed by atoms with E-state index in [-0.39, 0.29) is 0 Å². The van der Waals surface area contributed by atoms with Crippen LogP contribution in [0.15, 0.2) is 43.7 Å². The van der Waals surface area contributed by atoms with E-state index in [1.807, 2.05) is 9.97 Å². The lowest BCUT2D eigenvalue weighted by molar-refractivity contribution is -0.649. The van der Waals surface area contributed by atoms with Crippen molar-refractivity contribution >= 4 is 23.5 Å². The molecule has 30 heteroatoms. The van der Waals surface area contributed by atoms with E-state index < -0.39 is 108 Å². The summed E-state index contributed by atoms with van der Waals surface area (Å²) in [5, 5.41) is 41.4. The second-order valence-electron chi connectivity index (χ2n) is 9.61. The molecule has 2 unspecified atom stereocenters. The molecule has 270 valence electrons. The van der Waals surface area contributed by atoms with Crippen molar-refractivity contribution in [1.29, 1.82) is 0 Å². The quantitative estimate of drug-likeness (QED) is 0.0602. The lowest BCUT2D eigenvalue weighted by Crippen LogP contribution is -2.50. The molecule has 2 aromatic heterocycles. The molecule has 2 aliphatic heterocycles. The predicted octanol–water partition coefficient (Wildman–Crippen LogP) is -6.76. The highest BCUT2D eigenvalue weighted by Crippen LogP contribution is 2.71. The second kappa shape index (κ2) is 15.1. The minimum absolute atomic E-state index is 0.734. The van der Waals surface area contributed by atoms with Crippen molar-refractivity contribution < 1.29 is 92.8 Å². The summed E-state index contributed by atoms with van der Waals surface area (Å²) in [6.07, 6.45) is -11.5. The topological polar surface area (TPSA) is 408 Å². The number of phosphoric acid groups is 3. The molecule has 4 heterocycles. The standard InChI is InChI=1S/C18H29N7O20P3/c19-41-46(34,37-5-7-11(28)13(30)15(39-7)24-3-1-9(26)22-17(24)32)44-48(36,43-21)45-47(35,42-20)38-6-8-12(29)14(31)16(40-8)25-4-2-10(27)23-18(25)33/h1-4,7-8,11-16,28-31H,5-6H2,19-21H3/q+1/p+2/t7-,8-,11-,12-,13-,14-,15-,16-,46?,47?,48?/m1/s1. The number of ether oxygens (including phenoxy) is 2. The van der Waals surface area contributed by atoms with Crippen molar-refractivity contribution in [2.45, 2.75) is 49.1 Å². The Morgan fingerprint density at radius 2 is 1.00 bits per heavy atom. The van der Waals surface area contributed by atoms with Crippen molar-refractivity contribution in [3.63, 3.8) is 0 Å². The first-order chi connectivity index (χ1) is 22.5. The van der Waals surface area contributed by atoms with E-state index in [1.165, 1.54) is 0 Å². The summed E-state index contributed by atoms with van der Waals surface area (Å²) < 4.78 is 83.7. The van der Waals surface area contributed by atoms with Gasteiger partial charge in [0.2, 0.25) is 0 Å². The van der Waals surface area contributed by atoms with Crippen molar-refractivity contribution in [2.75, 3.05) is 13.2 Å². The Kier molecular flexibility index (Phi) is 12.0. The molecular formula is C18H31N7O20P3+3. The van der Waals surface area contributed by atoms with Crippen LogP contribution in [0.2, 0.25) is 0 Å². The highest BCUT2D eigenvalue weighted by Gasteiger charge is 2.53. The molecule has 10 atom stereocenters. The summed E-state index contributed by atoms with van der Waals surface area (Å²) in [5.41, 5.74) is -3.53. The van der Waals surface area contributed by atoms with Gasteiger partial charge in [0.25, 0.3) is 11.1 Å². The molecule has 2 saturated heterocycles. The van der Waals surface area contributed by atoms with E-state index in [2.05, 4.69) is 40.2 Å². The minimum atomic E-state index is -5.48. The fraction of sp³-hybridized carbons (Fsp3) is 0.556. The molecule has 15 N–H and O–H groups in total. The summed E-state index contributed by atoms with van der Waals surface area (Å²) in [4.78, 5) is 50.6. The van der Waals surface area contributed by atoms with Crippen LogP contribution in [0.4, 0.5) is 0 Å². The maximum atomic E-state index is 13.1. The van der Waals surface area contributed by atoms with Crippen LogP contribution in [0.25, 0.3) is 0 Å². The third-order valence-electron chi connectivity index (χ3n) is 6.59. The van der Waals surface area contributed by atoms with Crippen LogP contribution >= 0.6 is 23.5 Å². The summed E-state index contributed by atoms with van der Waals surface area (Å²) in [6, 6.07) is 1.86. The summed E-state index contributed by atoms with van der Waals surface area (Å²) in [6.45, 7) is -1.95. The molecule has 48 heavy (non-hydrogen) atoms. The van der Waals surface area contributed by atoms with Crippen LogP contribution in [-0.4, -0.2) is 89.4 Å². The number of hydrogen-bond acceptors (Lipinski definition) is 20. The van der Waals surface area contributed by atoms with Gasteiger partial charge in [0.05, 0.1) is 13.2 Å². The van der Waals surface area contributed by atoms with Crippen LogP contribution in [0.1, 0.15) is 12.5 Å². The van der Waals surface area contributed by atoms with Crippen LogP contribution in [0, 0.1) is 0 Å². The summed E-state index contributed by atoms with van der Waals surface area (Å²) in [5.74, 6) is 8.50. The highest BCUT2D eigenvalue weighted by atomic mass is 31.3. The van der Waals surface area contributed by atoms with Crippen molar-refractivity contribution in [2.24, 2.45) is 0 Å². The lowest BCUT2D eigenvalue weighted by atomic mass is 10.1. The Labute approximate surface area is 264 Å². The number of H-pyrrole nitrogens is 2. The number of rotatable bonds is 15. The molecule has 2 aliphatic rings. The van der Waals surface area contributed by atoms with Gasteiger partial charge in [-0.2, -0.15) is 8.62 Å². The number of aliphatic hydroxyl groups is 4. The Balaban J connectivity index is 1.40. The fourth-order valence-corrected chi connectivity index (χ4v) is 8.54. The first-order valence-corrected chi connectivity index (χ1v) is 17.3. The Morgan fingerprint density at radius 3 is 1.31 bits per heavy atom. The summed E-state index contributed by atoms with van der Waals surface area (Å²) >= 11 is 0. The van der Waals surface area contributed by atoms with E-state index in [9.17, 15) is 53.3 Å². The first kappa shape index (κ1) is 38.2. The van der Waals surface area contributed by atoms with Gasteiger partial charge in [0.1, 0.15) is 36.6 Å². The minimum Gasteiger partial charge on any atom is -0.387 e. The van der Waals surface area contributed by atoms with Gasteiger partial charge in [-0.05, 0) is 0 Å². The van der Waals surface area contributed by atoms with Gasteiger partial charge in [0, 0.05) is 24.5 Å². The van der Waals surface area contributed by atoms with Crippen LogP contribution in [0.3, 0.4) is 0 Å². The normalized spacial score (nSPS) is 31.2. The fourth-order valence-electron chi connectivity index (χ4n) is 4.25. The number of aromatic amines is 2. The Hall–Kier alpha value is -2.59. The number of quaternary nitrogens is 3. The molecule has 0 bridgehead atoms. The van der Waals surface area contributed by atoms with E-state index in [0.717, 1.165) is 33.7 Å². The van der Waals surface area contributed by atoms with Gasteiger partial charge in [-0.15, -0.1) is 0 Å². The molecule has 4 rings (SSSR count). The van der Waals surface area contributed by atoms with E-state index >= 15 is 0 Å². The Bertz CT molecular complexity index is 1710. The monoisotopic (exact) mass is 758 g/mol. The van der Waals surface area contributed by atoms with Gasteiger partial charge < -0.3 is 29.9 Å². The molecule has 0 aliphatic carbocycles. The molecule has 0 amide bonds. The van der Waals surface area contributed by atoms with Gasteiger partial charge >= 0.3 is 34.8 Å². The highest BCUT2D eigenvalue weighted by molar-refractivity contribution is 7.67. The smallest absolute Gasteiger partial charge is 0.387 e. The summed E-state index contributed by atoms with van der Waals surface area (Å²) in [7, 11) is -15.9. The van der Waals surface area contributed by atoms with Gasteiger partial charge in [-0.25, -0.2) is 41.0 Å². The maximum absolute atomic E-state index is 13.1. The number of nitrogens with one attached hydrogen (secondary N) is 2. The van der Waals surface area contributed by atoms with Crippen molar-refractivity contribution in [3.05, 3.63) is 66.2 Å². The number of hydrogen-bond donors (Lipinski definition) is 9. The van der Waals surface area contributed by atoms with Crippen molar-refractivity contribution in [1.82, 2.24) is 19.1 Å². The van der Waals surface area contributed by atoms with E-state index in [1.54, 1.807) is 0 Å². The van der Waals surface area contributed by atoms with E-state index in [0.29, 0.717) is 0 Å². The van der Waals surface area contributed by atoms with Crippen LogP contribution in [0.5, 0.6) is 0 Å². The average molecular weight is 758 g/mol. The largest absolute Gasteiger partial charge is 0.538 e. The third kappa shape index (κ3) is 8.40. The van der Waals surface area contributed by atoms with Gasteiger partial charge in [-0.1, -0.05) is 13.9 Å². The zero-order valence-corrected chi connectivity index (χ0v) is 26.7.